The molecule has 0 radical (unpaired) electrons. The maximum absolute atomic E-state index is 6.44. The molecule has 0 bridgehead atoms. The molecule has 2 fully saturated rings. The van der Waals surface area contributed by atoms with E-state index in [1.54, 1.807) is 0 Å². The third kappa shape index (κ3) is 3.67. The fraction of sp³-hybridized carbons (Fsp3) is 0.684. The molecule has 2 nitrogen and oxygen atoms in total. The standard InChI is InChI=1S/C19H29NO/c1-15-4-6-16(7-5-15)12-17(14-20)13-18-8-11-19(21-18)9-2-3-10-19/h4-7,17-18H,2-3,8-14,20H2,1H3. The van der Waals surface area contributed by atoms with Gasteiger partial charge >= 0.3 is 0 Å². The highest BCUT2D eigenvalue weighted by atomic mass is 16.5. The van der Waals surface area contributed by atoms with E-state index in [1.165, 1.54) is 49.7 Å². The average molecular weight is 287 g/mol. The number of rotatable bonds is 5. The molecule has 116 valence electrons. The molecule has 1 aromatic rings. The van der Waals surface area contributed by atoms with Gasteiger partial charge in [-0.3, -0.25) is 0 Å². The van der Waals surface area contributed by atoms with Crippen LogP contribution in [0.4, 0.5) is 0 Å². The minimum absolute atomic E-state index is 0.258. The minimum atomic E-state index is 0.258. The Morgan fingerprint density at radius 2 is 1.90 bits per heavy atom. The Labute approximate surface area is 129 Å². The predicted octanol–water partition coefficient (Wildman–Crippen LogP) is 3.99. The zero-order valence-corrected chi connectivity index (χ0v) is 13.3. The molecule has 1 aliphatic heterocycles. The number of nitrogens with two attached hydrogens (primary N) is 1. The van der Waals surface area contributed by atoms with Crippen LogP contribution in [0.3, 0.4) is 0 Å². The van der Waals surface area contributed by atoms with E-state index in [0.717, 1.165) is 19.4 Å². The van der Waals surface area contributed by atoms with Gasteiger partial charge in [0.05, 0.1) is 11.7 Å². The Hall–Kier alpha value is -0.860. The van der Waals surface area contributed by atoms with Crippen LogP contribution in [0.5, 0.6) is 0 Å². The highest BCUT2D eigenvalue weighted by Gasteiger charge is 2.42. The van der Waals surface area contributed by atoms with E-state index >= 15 is 0 Å². The van der Waals surface area contributed by atoms with Crippen LogP contribution in [-0.2, 0) is 11.2 Å². The lowest BCUT2D eigenvalue weighted by molar-refractivity contribution is -0.0438. The maximum Gasteiger partial charge on any atom is 0.0687 e. The highest BCUT2D eigenvalue weighted by Crippen LogP contribution is 2.44. The summed E-state index contributed by atoms with van der Waals surface area (Å²) in [4.78, 5) is 0. The first-order valence-electron chi connectivity index (χ1n) is 8.62. The van der Waals surface area contributed by atoms with Gasteiger partial charge in [0.1, 0.15) is 0 Å². The molecule has 1 heterocycles. The minimum Gasteiger partial charge on any atom is -0.372 e. The van der Waals surface area contributed by atoms with E-state index in [4.69, 9.17) is 10.5 Å². The molecule has 2 aliphatic rings. The molecule has 2 N–H and O–H groups in total. The lowest BCUT2D eigenvalue weighted by atomic mass is 9.92. The number of aryl methyl sites for hydroxylation is 1. The second kappa shape index (κ2) is 6.50. The van der Waals surface area contributed by atoms with Crippen molar-refractivity contribution in [1.82, 2.24) is 0 Å². The van der Waals surface area contributed by atoms with Gasteiger partial charge in [-0.2, -0.15) is 0 Å². The van der Waals surface area contributed by atoms with Crippen LogP contribution in [0.25, 0.3) is 0 Å². The quantitative estimate of drug-likeness (QED) is 0.888. The Morgan fingerprint density at radius 3 is 2.57 bits per heavy atom. The summed E-state index contributed by atoms with van der Waals surface area (Å²) in [5.41, 5.74) is 9.01. The van der Waals surface area contributed by atoms with Crippen molar-refractivity contribution >= 4 is 0 Å². The van der Waals surface area contributed by atoms with Gasteiger partial charge < -0.3 is 10.5 Å². The largest absolute Gasteiger partial charge is 0.372 e. The normalized spacial score (nSPS) is 25.5. The monoisotopic (exact) mass is 287 g/mol. The number of hydrogen-bond donors (Lipinski definition) is 1. The van der Waals surface area contributed by atoms with Crippen molar-refractivity contribution in [2.24, 2.45) is 11.7 Å². The van der Waals surface area contributed by atoms with Gasteiger partial charge in [-0.1, -0.05) is 42.7 Å². The fourth-order valence-electron chi connectivity index (χ4n) is 4.14. The number of hydrogen-bond acceptors (Lipinski definition) is 2. The van der Waals surface area contributed by atoms with E-state index in [9.17, 15) is 0 Å². The van der Waals surface area contributed by atoms with Gasteiger partial charge in [-0.25, -0.2) is 0 Å². The molecule has 1 saturated heterocycles. The van der Waals surface area contributed by atoms with Gasteiger partial charge in [0.2, 0.25) is 0 Å². The van der Waals surface area contributed by atoms with Crippen LogP contribution < -0.4 is 5.73 Å². The summed E-state index contributed by atoms with van der Waals surface area (Å²) in [6, 6.07) is 8.88. The van der Waals surface area contributed by atoms with Crippen LogP contribution in [0.2, 0.25) is 0 Å². The van der Waals surface area contributed by atoms with Gasteiger partial charge in [0.15, 0.2) is 0 Å². The van der Waals surface area contributed by atoms with Crippen LogP contribution in [0.15, 0.2) is 24.3 Å². The molecule has 1 aliphatic carbocycles. The SMILES string of the molecule is Cc1ccc(CC(CN)CC2CCC3(CCCC3)O2)cc1. The average Bonchev–Trinajstić information content (AvgIpc) is 3.11. The second-order valence-corrected chi connectivity index (χ2v) is 7.20. The molecule has 1 aromatic carbocycles. The topological polar surface area (TPSA) is 35.2 Å². The number of benzene rings is 1. The van der Waals surface area contributed by atoms with Crippen molar-refractivity contribution in [3.05, 3.63) is 35.4 Å². The molecule has 3 rings (SSSR count). The Balaban J connectivity index is 1.54. The second-order valence-electron chi connectivity index (χ2n) is 7.20. The van der Waals surface area contributed by atoms with E-state index in [-0.39, 0.29) is 5.60 Å². The lowest BCUT2D eigenvalue weighted by Crippen LogP contribution is -2.27. The molecular weight excluding hydrogens is 258 g/mol. The third-order valence-corrected chi connectivity index (χ3v) is 5.43. The third-order valence-electron chi connectivity index (χ3n) is 5.43. The predicted molar refractivity (Wildman–Crippen MR) is 87.4 cm³/mol. The maximum atomic E-state index is 6.44. The first-order valence-corrected chi connectivity index (χ1v) is 8.62. The highest BCUT2D eigenvalue weighted by molar-refractivity contribution is 5.21. The summed E-state index contributed by atoms with van der Waals surface area (Å²) >= 11 is 0. The summed E-state index contributed by atoms with van der Waals surface area (Å²) in [5, 5.41) is 0. The molecular formula is C19H29NO. The van der Waals surface area contributed by atoms with Crippen molar-refractivity contribution in [1.29, 1.82) is 0 Å². The first kappa shape index (κ1) is 15.1. The van der Waals surface area contributed by atoms with Crippen molar-refractivity contribution < 1.29 is 4.74 Å². The Morgan fingerprint density at radius 1 is 1.19 bits per heavy atom. The van der Waals surface area contributed by atoms with Crippen molar-refractivity contribution in [2.45, 2.75) is 70.0 Å². The molecule has 2 atom stereocenters. The molecule has 0 amide bonds. The smallest absolute Gasteiger partial charge is 0.0687 e. The molecule has 2 heteroatoms. The van der Waals surface area contributed by atoms with Gasteiger partial charge in [0.25, 0.3) is 0 Å². The van der Waals surface area contributed by atoms with Crippen molar-refractivity contribution in [3.63, 3.8) is 0 Å². The van der Waals surface area contributed by atoms with E-state index < -0.39 is 0 Å². The van der Waals surface area contributed by atoms with Gasteiger partial charge in [-0.15, -0.1) is 0 Å². The van der Waals surface area contributed by atoms with Crippen molar-refractivity contribution in [3.8, 4) is 0 Å². The summed E-state index contributed by atoms with van der Waals surface area (Å²) in [7, 11) is 0. The van der Waals surface area contributed by atoms with Crippen LogP contribution >= 0.6 is 0 Å². The first-order chi connectivity index (χ1) is 10.2. The zero-order chi connectivity index (χ0) is 14.7. The number of ether oxygens (including phenoxy) is 1. The summed E-state index contributed by atoms with van der Waals surface area (Å²) in [5.74, 6) is 0.550. The molecule has 1 spiro atoms. The molecule has 2 unspecified atom stereocenters. The van der Waals surface area contributed by atoms with E-state index in [2.05, 4.69) is 31.2 Å². The zero-order valence-electron chi connectivity index (χ0n) is 13.3. The summed E-state index contributed by atoms with van der Waals surface area (Å²) < 4.78 is 6.44. The van der Waals surface area contributed by atoms with E-state index in [0.29, 0.717) is 12.0 Å². The summed E-state index contributed by atoms with van der Waals surface area (Å²) in [6.07, 6.45) is 10.5. The van der Waals surface area contributed by atoms with E-state index in [1.807, 2.05) is 0 Å². The van der Waals surface area contributed by atoms with Crippen LogP contribution in [-0.4, -0.2) is 18.2 Å². The molecule has 1 saturated carbocycles. The Bertz CT molecular complexity index is 447. The van der Waals surface area contributed by atoms with Crippen LogP contribution in [0, 0.1) is 12.8 Å². The molecule has 0 aromatic heterocycles. The summed E-state index contributed by atoms with van der Waals surface area (Å²) in [6.45, 7) is 2.90. The van der Waals surface area contributed by atoms with Gasteiger partial charge in [0, 0.05) is 0 Å². The fourth-order valence-corrected chi connectivity index (χ4v) is 4.14. The van der Waals surface area contributed by atoms with Crippen molar-refractivity contribution in [2.75, 3.05) is 6.54 Å². The lowest BCUT2D eigenvalue weighted by Gasteiger charge is -2.25. The Kier molecular flexibility index (Phi) is 4.66. The molecule has 21 heavy (non-hydrogen) atoms. The van der Waals surface area contributed by atoms with Gasteiger partial charge in [-0.05, 0) is 63.5 Å². The van der Waals surface area contributed by atoms with Crippen LogP contribution in [0.1, 0.15) is 56.1 Å².